The van der Waals surface area contributed by atoms with Crippen molar-refractivity contribution in [3.8, 4) is 5.75 Å². The van der Waals surface area contributed by atoms with Gasteiger partial charge in [-0.1, -0.05) is 36.4 Å². The Hall–Kier alpha value is -2.30. The Labute approximate surface area is 163 Å². The smallest absolute Gasteiger partial charge is 0.120 e. The van der Waals surface area contributed by atoms with Gasteiger partial charge < -0.3 is 9.64 Å². The molecule has 1 aliphatic rings. The number of ether oxygens (including phenoxy) is 1. The second-order valence-corrected chi connectivity index (χ2v) is 7.52. The summed E-state index contributed by atoms with van der Waals surface area (Å²) in [7, 11) is 1.70. The summed E-state index contributed by atoms with van der Waals surface area (Å²) in [5.74, 6) is 0.841. The van der Waals surface area contributed by atoms with Crippen LogP contribution in [0.25, 0.3) is 5.57 Å². The predicted octanol–water partition coefficient (Wildman–Crippen LogP) is 6.49. The summed E-state index contributed by atoms with van der Waals surface area (Å²) in [6, 6.07) is 25.1. The van der Waals surface area contributed by atoms with E-state index in [1.54, 1.807) is 18.9 Å². The summed E-state index contributed by atoms with van der Waals surface area (Å²) in [4.78, 5) is 2.29. The molecule has 0 bridgehead atoms. The molecule has 0 unspecified atom stereocenters. The summed E-state index contributed by atoms with van der Waals surface area (Å²) < 4.78 is 6.52. The lowest BCUT2D eigenvalue weighted by Crippen LogP contribution is -2.18. The second-order valence-electron chi connectivity index (χ2n) is 5.96. The van der Waals surface area contributed by atoms with E-state index < -0.39 is 0 Å². The van der Waals surface area contributed by atoms with Crippen LogP contribution < -0.4 is 9.64 Å². The topological polar surface area (TPSA) is 12.5 Å². The Kier molecular flexibility index (Phi) is 4.70. The number of rotatable bonds is 3. The minimum atomic E-state index is 0.841. The van der Waals surface area contributed by atoms with E-state index in [2.05, 4.69) is 71.8 Å². The lowest BCUT2D eigenvalue weighted by atomic mass is 9.90. The molecule has 2 nitrogen and oxygen atoms in total. The van der Waals surface area contributed by atoms with Crippen molar-refractivity contribution in [2.45, 2.75) is 0 Å². The average molecular weight is 378 g/mol. The van der Waals surface area contributed by atoms with Crippen molar-refractivity contribution in [3.63, 3.8) is 0 Å². The highest BCUT2D eigenvalue weighted by Crippen LogP contribution is 2.51. The van der Waals surface area contributed by atoms with Crippen molar-refractivity contribution in [1.82, 2.24) is 0 Å². The zero-order chi connectivity index (χ0) is 18.1. The van der Waals surface area contributed by atoms with E-state index in [1.165, 1.54) is 11.1 Å². The number of hydrogen-bond acceptors (Lipinski definition) is 4. The number of anilines is 3. The van der Waals surface area contributed by atoms with Gasteiger partial charge in [0.1, 0.15) is 5.75 Å². The lowest BCUT2D eigenvalue weighted by Gasteiger charge is -2.35. The molecule has 0 amide bonds. The maximum atomic E-state index is 5.51. The molecule has 0 spiro atoms. The molecule has 130 valence electrons. The number of hydrogen-bond donors (Lipinski definition) is 1. The molecule has 26 heavy (non-hydrogen) atoms. The van der Waals surface area contributed by atoms with Crippen molar-refractivity contribution >= 4 is 47.0 Å². The first kappa shape index (κ1) is 17.1. The number of methoxy groups -OCH3 is 1. The Morgan fingerprint density at radius 2 is 1.58 bits per heavy atom. The SMILES string of the molecule is COc1ccc2c(c1)N(c1ccccc1)c1ccccc1/C2=C(\S)SC. The molecule has 0 N–H and O–H groups in total. The largest absolute Gasteiger partial charge is 0.497 e. The summed E-state index contributed by atoms with van der Waals surface area (Å²) in [5.41, 5.74) is 6.89. The van der Waals surface area contributed by atoms with E-state index in [-0.39, 0.29) is 0 Å². The minimum Gasteiger partial charge on any atom is -0.497 e. The first-order valence-corrected chi connectivity index (χ1v) is 10.0. The number of benzene rings is 3. The molecule has 4 rings (SSSR count). The van der Waals surface area contributed by atoms with Crippen LogP contribution in [-0.4, -0.2) is 13.4 Å². The summed E-state index contributed by atoms with van der Waals surface area (Å²) in [5, 5.41) is 0. The van der Waals surface area contributed by atoms with Crippen LogP contribution in [0, 0.1) is 0 Å². The Morgan fingerprint density at radius 3 is 2.31 bits per heavy atom. The van der Waals surface area contributed by atoms with Crippen LogP contribution in [0.5, 0.6) is 5.75 Å². The highest BCUT2D eigenvalue weighted by atomic mass is 32.2. The van der Waals surface area contributed by atoms with Gasteiger partial charge in [-0.3, -0.25) is 0 Å². The Morgan fingerprint density at radius 1 is 0.885 bits per heavy atom. The van der Waals surface area contributed by atoms with E-state index in [1.807, 2.05) is 12.1 Å². The van der Waals surface area contributed by atoms with E-state index in [9.17, 15) is 0 Å². The monoisotopic (exact) mass is 377 g/mol. The van der Waals surface area contributed by atoms with Gasteiger partial charge in [0.25, 0.3) is 0 Å². The molecule has 1 aliphatic heterocycles. The molecule has 0 saturated carbocycles. The van der Waals surface area contributed by atoms with Crippen LogP contribution in [0.1, 0.15) is 11.1 Å². The van der Waals surface area contributed by atoms with Crippen LogP contribution in [0.4, 0.5) is 17.1 Å². The van der Waals surface area contributed by atoms with Gasteiger partial charge in [-0.05, 0) is 36.6 Å². The van der Waals surface area contributed by atoms with Gasteiger partial charge in [0.15, 0.2) is 0 Å². The number of thioether (sulfide) groups is 1. The minimum absolute atomic E-state index is 0.841. The van der Waals surface area contributed by atoms with Gasteiger partial charge in [-0.2, -0.15) is 0 Å². The maximum Gasteiger partial charge on any atom is 0.120 e. The quantitative estimate of drug-likeness (QED) is 0.410. The van der Waals surface area contributed by atoms with Gasteiger partial charge >= 0.3 is 0 Å². The third kappa shape index (κ3) is 2.79. The van der Waals surface area contributed by atoms with E-state index in [0.717, 1.165) is 32.6 Å². The lowest BCUT2D eigenvalue weighted by molar-refractivity contribution is 0.415. The summed E-state index contributed by atoms with van der Waals surface area (Å²) >= 11 is 6.44. The Bertz CT molecular complexity index is 982. The van der Waals surface area contributed by atoms with Crippen molar-refractivity contribution in [3.05, 3.63) is 88.2 Å². The average Bonchev–Trinajstić information content (AvgIpc) is 2.71. The van der Waals surface area contributed by atoms with Crippen LogP contribution in [0.15, 0.2) is 77.0 Å². The molecular weight excluding hydrogens is 358 g/mol. The predicted molar refractivity (Wildman–Crippen MR) is 116 cm³/mol. The second kappa shape index (κ2) is 7.14. The zero-order valence-electron chi connectivity index (χ0n) is 14.6. The van der Waals surface area contributed by atoms with E-state index >= 15 is 0 Å². The summed E-state index contributed by atoms with van der Waals surface area (Å²) in [6.07, 6.45) is 2.06. The molecule has 0 saturated heterocycles. The number of fused-ring (bicyclic) bond motifs is 2. The highest BCUT2D eigenvalue weighted by Gasteiger charge is 2.29. The third-order valence-electron chi connectivity index (χ3n) is 4.55. The molecule has 0 radical (unpaired) electrons. The van der Waals surface area contributed by atoms with Crippen LogP contribution in [-0.2, 0) is 0 Å². The molecular formula is C22H19NOS2. The Balaban J connectivity index is 2.07. The summed E-state index contributed by atoms with van der Waals surface area (Å²) in [6.45, 7) is 0. The third-order valence-corrected chi connectivity index (χ3v) is 5.91. The van der Waals surface area contributed by atoms with Crippen molar-refractivity contribution in [1.29, 1.82) is 0 Å². The van der Waals surface area contributed by atoms with E-state index in [4.69, 9.17) is 17.4 Å². The van der Waals surface area contributed by atoms with Crippen LogP contribution >= 0.6 is 24.4 Å². The fraction of sp³-hybridized carbons (Fsp3) is 0.0909. The van der Waals surface area contributed by atoms with Gasteiger partial charge in [0.05, 0.1) is 18.5 Å². The molecule has 0 aromatic heterocycles. The van der Waals surface area contributed by atoms with Gasteiger partial charge in [-0.15, -0.1) is 24.4 Å². The van der Waals surface area contributed by atoms with Crippen LogP contribution in [0.2, 0.25) is 0 Å². The maximum absolute atomic E-state index is 5.51. The zero-order valence-corrected chi connectivity index (χ0v) is 16.4. The number of thiol groups is 1. The molecule has 3 aromatic rings. The normalized spacial score (nSPS) is 14.5. The standard InChI is InChI=1S/C22H19NOS2/c1-24-16-12-13-18-20(14-16)23(15-8-4-3-5-9-15)19-11-7-6-10-17(19)21(18)22(25)26-2/h3-14,25H,1-2H3/b22-21-. The number of para-hydroxylation sites is 2. The van der Waals surface area contributed by atoms with Gasteiger partial charge in [0.2, 0.25) is 0 Å². The molecule has 0 atom stereocenters. The first-order chi connectivity index (χ1) is 12.7. The number of nitrogens with zero attached hydrogens (tertiary/aromatic N) is 1. The first-order valence-electron chi connectivity index (χ1n) is 8.35. The van der Waals surface area contributed by atoms with Crippen molar-refractivity contribution in [2.75, 3.05) is 18.3 Å². The van der Waals surface area contributed by atoms with Crippen molar-refractivity contribution in [2.24, 2.45) is 0 Å². The molecule has 0 aliphatic carbocycles. The van der Waals surface area contributed by atoms with Crippen molar-refractivity contribution < 1.29 is 4.74 Å². The molecule has 4 heteroatoms. The molecule has 3 aromatic carbocycles. The fourth-order valence-corrected chi connectivity index (χ4v) is 4.04. The molecule has 0 fully saturated rings. The highest BCUT2D eigenvalue weighted by molar-refractivity contribution is 8.15. The van der Waals surface area contributed by atoms with E-state index in [0.29, 0.717) is 0 Å². The van der Waals surface area contributed by atoms with Crippen LogP contribution in [0.3, 0.4) is 0 Å². The molecule has 1 heterocycles. The fourth-order valence-electron chi connectivity index (χ4n) is 3.38. The van der Waals surface area contributed by atoms with Gasteiger partial charge in [-0.25, -0.2) is 0 Å². The van der Waals surface area contributed by atoms with Gasteiger partial charge in [0, 0.05) is 32.7 Å².